The molecule has 24 heavy (non-hydrogen) atoms. The van der Waals surface area contributed by atoms with Crippen molar-refractivity contribution >= 4 is 21.1 Å². The maximum atomic E-state index is 12.9. The molecule has 0 radical (unpaired) electrons. The van der Waals surface area contributed by atoms with E-state index in [0.29, 0.717) is 11.0 Å². The molecule has 0 bridgehead atoms. The monoisotopic (exact) mass is 345 g/mol. The predicted molar refractivity (Wildman–Crippen MR) is 89.9 cm³/mol. The minimum atomic E-state index is -3.63. The molecule has 0 aromatic carbocycles. The van der Waals surface area contributed by atoms with Gasteiger partial charge in [-0.2, -0.15) is 5.10 Å². The number of nitrogens with zero attached hydrogens (tertiary/aromatic N) is 3. The Labute approximate surface area is 140 Å². The van der Waals surface area contributed by atoms with E-state index in [2.05, 4.69) is 19.8 Å². The Morgan fingerprint density at radius 3 is 2.92 bits per heavy atom. The van der Waals surface area contributed by atoms with E-state index < -0.39 is 10.0 Å². The van der Waals surface area contributed by atoms with Crippen LogP contribution in [-0.2, 0) is 10.0 Å². The standard InChI is InChI=1S/C16H19N5O2S/c22-24(23,15-11-18-16-12(15)5-3-8-17-16)20-13-6-1-2-7-14(13)21-10-4-9-19-21/h3-5,8-11,13-14,20H,1-2,6-7H2,(H,17,18)/t13-,14-/m1/s1. The van der Waals surface area contributed by atoms with Crippen molar-refractivity contribution in [2.75, 3.05) is 0 Å². The van der Waals surface area contributed by atoms with E-state index in [9.17, 15) is 8.42 Å². The van der Waals surface area contributed by atoms with Crippen molar-refractivity contribution in [2.24, 2.45) is 0 Å². The Bertz CT molecular complexity index is 932. The van der Waals surface area contributed by atoms with Crippen molar-refractivity contribution in [3.05, 3.63) is 43.0 Å². The number of fused-ring (bicyclic) bond motifs is 1. The van der Waals surface area contributed by atoms with Gasteiger partial charge in [-0.15, -0.1) is 0 Å². The van der Waals surface area contributed by atoms with Crippen LogP contribution in [0.2, 0.25) is 0 Å². The van der Waals surface area contributed by atoms with Crippen LogP contribution in [0.25, 0.3) is 11.0 Å². The number of pyridine rings is 1. The van der Waals surface area contributed by atoms with Crippen LogP contribution in [0.5, 0.6) is 0 Å². The van der Waals surface area contributed by atoms with E-state index in [0.717, 1.165) is 25.7 Å². The van der Waals surface area contributed by atoms with Crippen molar-refractivity contribution in [2.45, 2.75) is 42.7 Å². The van der Waals surface area contributed by atoms with E-state index in [1.807, 2.05) is 16.9 Å². The number of aromatic amines is 1. The zero-order valence-corrected chi connectivity index (χ0v) is 13.9. The van der Waals surface area contributed by atoms with Gasteiger partial charge in [-0.3, -0.25) is 4.68 Å². The summed E-state index contributed by atoms with van der Waals surface area (Å²) in [5.41, 5.74) is 0.574. The average Bonchev–Trinajstić information content (AvgIpc) is 3.25. The maximum Gasteiger partial charge on any atom is 0.243 e. The minimum absolute atomic E-state index is 0.0480. The van der Waals surface area contributed by atoms with Crippen molar-refractivity contribution < 1.29 is 8.42 Å². The van der Waals surface area contributed by atoms with Crippen LogP contribution in [-0.4, -0.2) is 34.2 Å². The van der Waals surface area contributed by atoms with Crippen LogP contribution >= 0.6 is 0 Å². The molecule has 2 atom stereocenters. The Morgan fingerprint density at radius 1 is 1.21 bits per heavy atom. The molecule has 1 aliphatic carbocycles. The molecule has 0 aliphatic heterocycles. The second-order valence-electron chi connectivity index (χ2n) is 6.12. The normalized spacial score (nSPS) is 22.0. The third-order valence-electron chi connectivity index (χ3n) is 4.60. The van der Waals surface area contributed by atoms with Crippen molar-refractivity contribution in [1.29, 1.82) is 0 Å². The number of sulfonamides is 1. The summed E-state index contributed by atoms with van der Waals surface area (Å²) in [6.07, 6.45) is 10.6. The SMILES string of the molecule is O=S(=O)(N[C@@H]1CCCC[C@H]1n1cccn1)c1c[nH]c2ncccc12. The molecule has 126 valence electrons. The van der Waals surface area contributed by atoms with Crippen LogP contribution in [0, 0.1) is 0 Å². The smallest absolute Gasteiger partial charge is 0.243 e. The highest BCUT2D eigenvalue weighted by atomic mass is 32.2. The molecule has 1 saturated carbocycles. The molecule has 7 nitrogen and oxygen atoms in total. The van der Waals surface area contributed by atoms with Crippen LogP contribution in [0.4, 0.5) is 0 Å². The first-order valence-electron chi connectivity index (χ1n) is 8.09. The molecule has 4 rings (SSSR count). The largest absolute Gasteiger partial charge is 0.345 e. The molecule has 0 spiro atoms. The third kappa shape index (κ3) is 2.71. The molecule has 3 aromatic rings. The highest BCUT2D eigenvalue weighted by Crippen LogP contribution is 2.30. The summed E-state index contributed by atoms with van der Waals surface area (Å²) in [6, 6.07) is 5.25. The molecule has 2 N–H and O–H groups in total. The lowest BCUT2D eigenvalue weighted by Gasteiger charge is -2.32. The number of nitrogens with one attached hydrogen (secondary N) is 2. The number of hydrogen-bond donors (Lipinski definition) is 2. The first-order valence-corrected chi connectivity index (χ1v) is 9.57. The lowest BCUT2D eigenvalue weighted by Crippen LogP contribution is -2.43. The van der Waals surface area contributed by atoms with Gasteiger partial charge in [0.15, 0.2) is 0 Å². The Balaban J connectivity index is 1.65. The van der Waals surface area contributed by atoms with Gasteiger partial charge in [-0.05, 0) is 31.0 Å². The van der Waals surface area contributed by atoms with E-state index in [1.54, 1.807) is 24.5 Å². The van der Waals surface area contributed by atoms with Gasteiger partial charge in [0.05, 0.1) is 6.04 Å². The first-order chi connectivity index (χ1) is 11.6. The summed E-state index contributed by atoms with van der Waals surface area (Å²) in [7, 11) is -3.63. The second-order valence-corrected chi connectivity index (χ2v) is 7.80. The van der Waals surface area contributed by atoms with Gasteiger partial charge in [0.2, 0.25) is 10.0 Å². The van der Waals surface area contributed by atoms with Crippen molar-refractivity contribution in [3.63, 3.8) is 0 Å². The fourth-order valence-electron chi connectivity index (χ4n) is 3.46. The highest BCUT2D eigenvalue weighted by Gasteiger charge is 2.32. The van der Waals surface area contributed by atoms with E-state index in [1.165, 1.54) is 6.20 Å². The van der Waals surface area contributed by atoms with Crippen LogP contribution in [0.15, 0.2) is 47.9 Å². The molecular weight excluding hydrogens is 326 g/mol. The third-order valence-corrected chi connectivity index (χ3v) is 6.13. The van der Waals surface area contributed by atoms with Crippen molar-refractivity contribution in [3.8, 4) is 0 Å². The van der Waals surface area contributed by atoms with Gasteiger partial charge in [0.1, 0.15) is 10.5 Å². The second kappa shape index (κ2) is 6.03. The summed E-state index contributed by atoms with van der Waals surface area (Å²) < 4.78 is 30.6. The molecule has 0 amide bonds. The summed E-state index contributed by atoms with van der Waals surface area (Å²) in [4.78, 5) is 7.32. The number of rotatable bonds is 4. The molecule has 8 heteroatoms. The first kappa shape index (κ1) is 15.3. The fraction of sp³-hybridized carbons (Fsp3) is 0.375. The number of hydrogen-bond acceptors (Lipinski definition) is 4. The summed E-state index contributed by atoms with van der Waals surface area (Å²) in [5.74, 6) is 0. The van der Waals surface area contributed by atoms with Gasteiger partial charge in [0.25, 0.3) is 0 Å². The van der Waals surface area contributed by atoms with Crippen LogP contribution in [0.1, 0.15) is 31.7 Å². The van der Waals surface area contributed by atoms with Gasteiger partial charge >= 0.3 is 0 Å². The fourth-order valence-corrected chi connectivity index (χ4v) is 4.93. The van der Waals surface area contributed by atoms with Gasteiger partial charge in [-0.25, -0.2) is 18.1 Å². The highest BCUT2D eigenvalue weighted by molar-refractivity contribution is 7.89. The molecule has 3 heterocycles. The lowest BCUT2D eigenvalue weighted by molar-refractivity contribution is 0.270. The van der Waals surface area contributed by atoms with Gasteiger partial charge < -0.3 is 4.98 Å². The summed E-state index contributed by atoms with van der Waals surface area (Å²) in [5, 5.41) is 4.91. The molecule has 3 aromatic heterocycles. The quantitative estimate of drug-likeness (QED) is 0.758. The predicted octanol–water partition coefficient (Wildman–Crippen LogP) is 2.22. The van der Waals surface area contributed by atoms with Gasteiger partial charge in [-0.1, -0.05) is 12.8 Å². The Kier molecular flexibility index (Phi) is 3.85. The van der Waals surface area contributed by atoms with Crippen LogP contribution < -0.4 is 4.72 Å². The molecule has 1 fully saturated rings. The minimum Gasteiger partial charge on any atom is -0.345 e. The zero-order valence-electron chi connectivity index (χ0n) is 13.1. The average molecular weight is 345 g/mol. The number of H-pyrrole nitrogens is 1. The zero-order chi connectivity index (χ0) is 16.6. The molecule has 0 saturated heterocycles. The summed E-state index contributed by atoms with van der Waals surface area (Å²) >= 11 is 0. The Hall–Kier alpha value is -2.19. The van der Waals surface area contributed by atoms with Crippen molar-refractivity contribution in [1.82, 2.24) is 24.5 Å². The maximum absolute atomic E-state index is 12.9. The molecular formula is C16H19N5O2S. The number of aromatic nitrogens is 4. The van der Waals surface area contributed by atoms with Gasteiger partial charge in [0, 0.05) is 36.2 Å². The topological polar surface area (TPSA) is 92.7 Å². The van der Waals surface area contributed by atoms with E-state index in [4.69, 9.17) is 0 Å². The lowest BCUT2D eigenvalue weighted by atomic mass is 9.91. The molecule has 1 aliphatic rings. The Morgan fingerprint density at radius 2 is 2.08 bits per heavy atom. The molecule has 0 unspecified atom stereocenters. The van der Waals surface area contributed by atoms with E-state index >= 15 is 0 Å². The van der Waals surface area contributed by atoms with Crippen LogP contribution in [0.3, 0.4) is 0 Å². The van der Waals surface area contributed by atoms with E-state index in [-0.39, 0.29) is 17.0 Å². The summed E-state index contributed by atoms with van der Waals surface area (Å²) in [6.45, 7) is 0.